The van der Waals surface area contributed by atoms with Gasteiger partial charge in [-0.05, 0) is 18.2 Å². The highest BCUT2D eigenvalue weighted by Crippen LogP contribution is 2.25. The molecule has 3 heterocycles. The Morgan fingerprint density at radius 1 is 1.38 bits per heavy atom. The normalized spacial score (nSPS) is 10.5. The van der Waals surface area contributed by atoms with Crippen molar-refractivity contribution in [1.29, 1.82) is 0 Å². The third-order valence-electron chi connectivity index (χ3n) is 3.31. The zero-order chi connectivity index (χ0) is 18.7. The van der Waals surface area contributed by atoms with Crippen LogP contribution in [0.5, 0.6) is 0 Å². The number of anilines is 1. The van der Waals surface area contributed by atoms with Gasteiger partial charge in [-0.25, -0.2) is 23.9 Å². The van der Waals surface area contributed by atoms with Crippen molar-refractivity contribution < 1.29 is 14.7 Å². The number of hydrogen-bond donors (Lipinski definition) is 3. The quantitative estimate of drug-likeness (QED) is 0.459. The van der Waals surface area contributed by atoms with E-state index in [9.17, 15) is 9.59 Å². The van der Waals surface area contributed by atoms with Crippen molar-refractivity contribution in [3.63, 3.8) is 0 Å². The number of hydrogen-bond acceptors (Lipinski definition) is 7. The zero-order valence-corrected chi connectivity index (χ0v) is 15.0. The molecule has 0 spiro atoms. The van der Waals surface area contributed by atoms with Crippen LogP contribution in [-0.2, 0) is 0 Å². The second kappa shape index (κ2) is 7.50. The summed E-state index contributed by atoms with van der Waals surface area (Å²) in [5, 5.41) is 13.3. The number of aromatic nitrogens is 3. The van der Waals surface area contributed by atoms with E-state index in [4.69, 9.17) is 5.11 Å². The lowest BCUT2D eigenvalue weighted by Gasteiger charge is -2.15. The summed E-state index contributed by atoms with van der Waals surface area (Å²) in [6.45, 7) is 3.83. The van der Waals surface area contributed by atoms with Gasteiger partial charge >= 0.3 is 12.0 Å². The van der Waals surface area contributed by atoms with Crippen LogP contribution in [0.1, 0.15) is 9.67 Å². The number of carbonyl (C=O) groups is 2. The molecule has 2 N–H and O–H groups in total. The molecule has 0 aromatic carbocycles. The van der Waals surface area contributed by atoms with Crippen LogP contribution < -0.4 is 9.62 Å². The van der Waals surface area contributed by atoms with E-state index in [1.165, 1.54) is 6.07 Å². The maximum Gasteiger partial charge on any atom is 0.345 e. The first kappa shape index (κ1) is 17.8. The lowest BCUT2D eigenvalue weighted by Crippen LogP contribution is -2.34. The maximum atomic E-state index is 12.0. The van der Waals surface area contributed by atoms with Crippen LogP contribution in [0.15, 0.2) is 42.4 Å². The number of thiol groups is 1. The summed E-state index contributed by atoms with van der Waals surface area (Å²) < 4.78 is 1.06. The Balaban J connectivity index is 1.93. The van der Waals surface area contributed by atoms with Gasteiger partial charge in [-0.3, -0.25) is 4.98 Å². The van der Waals surface area contributed by atoms with E-state index >= 15 is 0 Å². The molecular weight excluding hydrogens is 374 g/mol. The molecule has 0 unspecified atom stereocenters. The second-order valence-corrected chi connectivity index (χ2v) is 6.37. The van der Waals surface area contributed by atoms with Crippen molar-refractivity contribution in [3.8, 4) is 11.3 Å². The molecule has 0 fully saturated rings. The number of fused-ring (bicyclic) bond motifs is 1. The number of thiophene rings is 1. The van der Waals surface area contributed by atoms with Gasteiger partial charge < -0.3 is 10.4 Å². The van der Waals surface area contributed by atoms with Crippen molar-refractivity contribution in [1.82, 2.24) is 20.3 Å². The summed E-state index contributed by atoms with van der Waals surface area (Å²) in [6.07, 6.45) is 3.10. The number of urea groups is 1. The van der Waals surface area contributed by atoms with Crippen molar-refractivity contribution >= 4 is 53.1 Å². The summed E-state index contributed by atoms with van der Waals surface area (Å²) in [4.78, 5) is 36.2. The Labute approximate surface area is 157 Å². The summed E-state index contributed by atoms with van der Waals surface area (Å²) >= 11 is 5.26. The molecule has 0 radical (unpaired) electrons. The number of pyridine rings is 1. The summed E-state index contributed by atoms with van der Waals surface area (Å²) in [5.74, 6) is -0.711. The smallest absolute Gasteiger partial charge is 0.345 e. The predicted molar refractivity (Wildman–Crippen MR) is 103 cm³/mol. The Bertz CT molecular complexity index is 1000. The number of carbonyl (C=O) groups excluding carboxylic acids is 1. The van der Waals surface area contributed by atoms with Gasteiger partial charge in [0.25, 0.3) is 0 Å². The minimum atomic E-state index is -0.994. The maximum absolute atomic E-state index is 12.0. The largest absolute Gasteiger partial charge is 0.477 e. The van der Waals surface area contributed by atoms with Gasteiger partial charge in [0.05, 0.1) is 11.9 Å². The number of nitrogens with zero attached hydrogens (tertiary/aromatic N) is 4. The van der Waals surface area contributed by atoms with Gasteiger partial charge in [0.15, 0.2) is 5.65 Å². The highest BCUT2D eigenvalue weighted by molar-refractivity contribution is 7.82. The third kappa shape index (κ3) is 3.65. The van der Waals surface area contributed by atoms with Gasteiger partial charge in [0, 0.05) is 17.5 Å². The van der Waals surface area contributed by atoms with Crippen LogP contribution in [0.2, 0.25) is 0 Å². The van der Waals surface area contributed by atoms with Crippen LogP contribution in [-0.4, -0.2) is 38.6 Å². The number of carboxylic acids is 1. The first-order chi connectivity index (χ1) is 12.5. The minimum absolute atomic E-state index is 0.212. The molecule has 0 atom stereocenters. The lowest BCUT2D eigenvalue weighted by atomic mass is 10.2. The molecule has 3 rings (SSSR count). The van der Waals surface area contributed by atoms with Crippen LogP contribution >= 0.6 is 24.2 Å². The van der Waals surface area contributed by atoms with Crippen LogP contribution in [0, 0.1) is 0 Å². The fourth-order valence-corrected chi connectivity index (χ4v) is 2.99. The minimum Gasteiger partial charge on any atom is -0.477 e. The van der Waals surface area contributed by atoms with E-state index in [-0.39, 0.29) is 10.7 Å². The Hall–Kier alpha value is -2.98. The van der Waals surface area contributed by atoms with E-state index in [2.05, 4.69) is 39.7 Å². The standard InChI is InChI=1S/C16H13N5O3S2/c1-2-5-17-16(24)21(25)13-4-3-10-14(20-13)19-11(7-18-10)9-6-12(15(22)23)26-8-9/h2-4,6-8,25H,1,5H2,(H,17,24)(H,22,23). The monoisotopic (exact) mass is 387 g/mol. The van der Waals surface area contributed by atoms with Crippen molar-refractivity contribution in [2.75, 3.05) is 10.8 Å². The highest BCUT2D eigenvalue weighted by atomic mass is 32.1. The van der Waals surface area contributed by atoms with E-state index in [1.54, 1.807) is 29.8 Å². The molecule has 0 aliphatic rings. The topological polar surface area (TPSA) is 108 Å². The molecule has 8 nitrogen and oxygen atoms in total. The highest BCUT2D eigenvalue weighted by Gasteiger charge is 2.15. The fourth-order valence-electron chi connectivity index (χ4n) is 2.07. The predicted octanol–water partition coefficient (Wildman–Crippen LogP) is 3.00. The van der Waals surface area contributed by atoms with Gasteiger partial charge in [0.1, 0.15) is 16.2 Å². The van der Waals surface area contributed by atoms with Crippen LogP contribution in [0.25, 0.3) is 22.4 Å². The average molecular weight is 387 g/mol. The van der Waals surface area contributed by atoms with E-state index < -0.39 is 12.0 Å². The Morgan fingerprint density at radius 3 is 2.88 bits per heavy atom. The molecule has 0 saturated carbocycles. The van der Waals surface area contributed by atoms with Crippen molar-refractivity contribution in [2.24, 2.45) is 0 Å². The number of nitrogens with one attached hydrogen (secondary N) is 1. The number of rotatable bonds is 5. The van der Waals surface area contributed by atoms with Gasteiger partial charge in [-0.1, -0.05) is 18.9 Å². The van der Waals surface area contributed by atoms with E-state index in [1.807, 2.05) is 0 Å². The van der Waals surface area contributed by atoms with Gasteiger partial charge in [0.2, 0.25) is 0 Å². The molecular formula is C16H13N5O3S2. The average Bonchev–Trinajstić information content (AvgIpc) is 3.15. The summed E-state index contributed by atoms with van der Waals surface area (Å²) in [6, 6.07) is 4.35. The molecule has 0 aliphatic heterocycles. The third-order valence-corrected chi connectivity index (χ3v) is 4.61. The van der Waals surface area contributed by atoms with E-state index in [0.29, 0.717) is 29.0 Å². The number of aromatic carboxylic acids is 1. The molecule has 26 heavy (non-hydrogen) atoms. The SMILES string of the molecule is C=CCNC(=O)N(S)c1ccc2ncc(-c3csc(C(=O)O)c3)nc2n1. The Kier molecular flexibility index (Phi) is 5.14. The molecule has 0 saturated heterocycles. The molecule has 10 heteroatoms. The molecule has 3 aromatic heterocycles. The van der Waals surface area contributed by atoms with Crippen LogP contribution in [0.4, 0.5) is 10.6 Å². The molecule has 0 aliphatic carbocycles. The molecule has 0 bridgehead atoms. The van der Waals surface area contributed by atoms with Crippen molar-refractivity contribution in [3.05, 3.63) is 47.3 Å². The molecule has 2 amide bonds. The number of carboxylic acid groups (broad SMARTS) is 1. The zero-order valence-electron chi connectivity index (χ0n) is 13.3. The Morgan fingerprint density at radius 2 is 2.19 bits per heavy atom. The second-order valence-electron chi connectivity index (χ2n) is 5.06. The van der Waals surface area contributed by atoms with E-state index in [0.717, 1.165) is 15.6 Å². The molecule has 3 aromatic rings. The lowest BCUT2D eigenvalue weighted by molar-refractivity contribution is 0.0702. The van der Waals surface area contributed by atoms with Crippen molar-refractivity contribution in [2.45, 2.75) is 0 Å². The number of amides is 2. The first-order valence-electron chi connectivity index (χ1n) is 7.33. The molecule has 132 valence electrons. The first-order valence-corrected chi connectivity index (χ1v) is 8.61. The summed E-state index contributed by atoms with van der Waals surface area (Å²) in [5.41, 5.74) is 1.99. The van der Waals surface area contributed by atoms with Gasteiger partial charge in [-0.2, -0.15) is 0 Å². The fraction of sp³-hybridized carbons (Fsp3) is 0.0625. The van der Waals surface area contributed by atoms with Crippen LogP contribution in [0.3, 0.4) is 0 Å². The van der Waals surface area contributed by atoms with Gasteiger partial charge in [-0.15, -0.1) is 17.9 Å². The summed E-state index contributed by atoms with van der Waals surface area (Å²) in [7, 11) is 0.